The molecular formula is C18H12ClF7N4O2. The molecule has 0 N–H and O–H groups in total. The molecule has 0 atom stereocenters. The Balaban J connectivity index is 2.05. The third-order valence-corrected chi connectivity index (χ3v) is 4.93. The molecule has 3 aromatic rings. The van der Waals surface area contributed by atoms with Crippen LogP contribution in [0.25, 0.3) is 16.9 Å². The number of hydrogen-bond acceptors (Lipinski definition) is 4. The zero-order valence-electron chi connectivity index (χ0n) is 16.1. The van der Waals surface area contributed by atoms with E-state index in [1.807, 2.05) is 0 Å². The average Bonchev–Trinajstić information content (AvgIpc) is 3.32. The van der Waals surface area contributed by atoms with E-state index < -0.39 is 29.7 Å². The topological polar surface area (TPSA) is 61.9 Å². The lowest BCUT2D eigenvalue weighted by Gasteiger charge is -2.30. The molecule has 3 rings (SSSR count). The van der Waals surface area contributed by atoms with E-state index in [2.05, 4.69) is 14.8 Å². The summed E-state index contributed by atoms with van der Waals surface area (Å²) in [5.74, 6) is -1.06. The van der Waals surface area contributed by atoms with Crippen LogP contribution in [0.1, 0.15) is 16.1 Å². The third-order valence-electron chi connectivity index (χ3n) is 4.62. The van der Waals surface area contributed by atoms with Gasteiger partial charge in [0.1, 0.15) is 11.0 Å². The van der Waals surface area contributed by atoms with Crippen molar-refractivity contribution < 1.29 is 40.3 Å². The van der Waals surface area contributed by atoms with E-state index in [4.69, 9.17) is 11.6 Å². The van der Waals surface area contributed by atoms with Crippen molar-refractivity contribution in [1.29, 1.82) is 0 Å². The SMILES string of the molecule is COC(=O)c1cc(-c2cnn(-c3ccc(C(F)(C(F)(F)F)C(F)(F)F)n3C)c2)cnc1Cl. The predicted octanol–water partition coefficient (Wildman–Crippen LogP) is 5.00. The van der Waals surface area contributed by atoms with E-state index in [0.717, 1.165) is 24.9 Å². The molecule has 0 radical (unpaired) electrons. The Labute approximate surface area is 180 Å². The van der Waals surface area contributed by atoms with Crippen molar-refractivity contribution in [3.63, 3.8) is 0 Å². The summed E-state index contributed by atoms with van der Waals surface area (Å²) in [5, 5.41) is 3.75. The van der Waals surface area contributed by atoms with Crippen LogP contribution < -0.4 is 0 Å². The third kappa shape index (κ3) is 3.70. The van der Waals surface area contributed by atoms with Crippen molar-refractivity contribution >= 4 is 17.6 Å². The van der Waals surface area contributed by atoms with Crippen molar-refractivity contribution in [2.75, 3.05) is 7.11 Å². The first kappa shape index (κ1) is 23.6. The van der Waals surface area contributed by atoms with Crippen LogP contribution in [0.4, 0.5) is 30.7 Å². The fourth-order valence-corrected chi connectivity index (χ4v) is 3.16. The number of halogens is 8. The highest BCUT2D eigenvalue weighted by molar-refractivity contribution is 6.32. The minimum Gasteiger partial charge on any atom is -0.465 e. The zero-order valence-corrected chi connectivity index (χ0v) is 16.8. The summed E-state index contributed by atoms with van der Waals surface area (Å²) in [7, 11) is 1.97. The number of alkyl halides is 7. The summed E-state index contributed by atoms with van der Waals surface area (Å²) in [6, 6.07) is 2.56. The maximum Gasteiger partial charge on any atom is 0.437 e. The van der Waals surface area contributed by atoms with Gasteiger partial charge in [-0.25, -0.2) is 18.9 Å². The van der Waals surface area contributed by atoms with Gasteiger partial charge in [0.05, 0.1) is 24.6 Å². The van der Waals surface area contributed by atoms with Crippen LogP contribution in [0.3, 0.4) is 0 Å². The lowest BCUT2D eigenvalue weighted by molar-refractivity contribution is -0.350. The van der Waals surface area contributed by atoms with Gasteiger partial charge in [-0.15, -0.1) is 0 Å². The summed E-state index contributed by atoms with van der Waals surface area (Å²) in [6.07, 6.45) is -8.76. The van der Waals surface area contributed by atoms with Crippen molar-refractivity contribution in [1.82, 2.24) is 19.3 Å². The first-order valence-electron chi connectivity index (χ1n) is 8.50. The summed E-state index contributed by atoms with van der Waals surface area (Å²) in [6.45, 7) is 0. The Bertz CT molecular complexity index is 1150. The second-order valence-corrected chi connectivity index (χ2v) is 6.88. The van der Waals surface area contributed by atoms with Crippen molar-refractivity contribution in [3.05, 3.63) is 53.2 Å². The maximum absolute atomic E-state index is 14.4. The minimum atomic E-state index is -6.25. The number of methoxy groups -OCH3 is 1. The molecule has 0 aliphatic carbocycles. The molecule has 3 heterocycles. The van der Waals surface area contributed by atoms with Gasteiger partial charge in [0, 0.05) is 30.6 Å². The number of nitrogens with zero attached hydrogens (tertiary/aromatic N) is 4. The number of esters is 1. The lowest BCUT2D eigenvalue weighted by Crippen LogP contribution is -2.51. The van der Waals surface area contributed by atoms with E-state index in [1.165, 1.54) is 24.7 Å². The van der Waals surface area contributed by atoms with Crippen molar-refractivity contribution in [2.24, 2.45) is 7.05 Å². The highest BCUT2D eigenvalue weighted by Gasteiger charge is 2.74. The molecule has 0 aliphatic rings. The number of carbonyl (C=O) groups excluding carboxylic acids is 1. The van der Waals surface area contributed by atoms with Crippen LogP contribution in [-0.2, 0) is 17.5 Å². The molecule has 32 heavy (non-hydrogen) atoms. The van der Waals surface area contributed by atoms with Gasteiger partial charge in [-0.05, 0) is 18.2 Å². The summed E-state index contributed by atoms with van der Waals surface area (Å²) in [4.78, 5) is 15.6. The molecule has 0 amide bonds. The van der Waals surface area contributed by atoms with E-state index >= 15 is 0 Å². The van der Waals surface area contributed by atoms with Crippen LogP contribution in [0.15, 0.2) is 36.8 Å². The van der Waals surface area contributed by atoms with Crippen LogP contribution >= 0.6 is 11.6 Å². The number of aromatic nitrogens is 4. The van der Waals surface area contributed by atoms with E-state index in [0.29, 0.717) is 21.8 Å². The summed E-state index contributed by atoms with van der Waals surface area (Å²) in [5.41, 5.74) is -6.72. The zero-order chi connectivity index (χ0) is 24.1. The Hall–Kier alpha value is -3.09. The van der Waals surface area contributed by atoms with Crippen LogP contribution in [0, 0.1) is 0 Å². The highest BCUT2D eigenvalue weighted by atomic mass is 35.5. The van der Waals surface area contributed by atoms with Gasteiger partial charge in [-0.2, -0.15) is 31.4 Å². The van der Waals surface area contributed by atoms with Gasteiger partial charge >= 0.3 is 24.0 Å². The molecule has 0 aromatic carbocycles. The van der Waals surface area contributed by atoms with Crippen molar-refractivity contribution in [2.45, 2.75) is 18.0 Å². The summed E-state index contributed by atoms with van der Waals surface area (Å²) >= 11 is 5.84. The van der Waals surface area contributed by atoms with E-state index in [1.54, 1.807) is 0 Å². The first-order valence-corrected chi connectivity index (χ1v) is 8.88. The standard InChI is InChI=1S/C18H12ClF7N4O2/c1-29-12(16(20,17(21,22)23)18(24,25)26)3-4-13(29)30-8-10(7-28-30)9-5-11(15(31)32-2)14(19)27-6-9/h3-8H,1-2H3. The van der Waals surface area contributed by atoms with Crippen molar-refractivity contribution in [3.8, 4) is 16.9 Å². The molecule has 0 saturated heterocycles. The Morgan fingerprint density at radius 3 is 2.22 bits per heavy atom. The largest absolute Gasteiger partial charge is 0.465 e. The molecule has 3 aromatic heterocycles. The molecule has 6 nitrogen and oxygen atoms in total. The molecule has 0 bridgehead atoms. The van der Waals surface area contributed by atoms with E-state index in [-0.39, 0.29) is 16.5 Å². The fraction of sp³-hybridized carbons (Fsp3) is 0.278. The maximum atomic E-state index is 14.4. The molecule has 0 saturated carbocycles. The molecular weight excluding hydrogens is 473 g/mol. The highest BCUT2D eigenvalue weighted by Crippen LogP contribution is 2.53. The molecule has 0 unspecified atom stereocenters. The lowest BCUT2D eigenvalue weighted by atomic mass is 10.0. The second-order valence-electron chi connectivity index (χ2n) is 6.52. The number of rotatable bonds is 4. The Kier molecular flexibility index (Phi) is 5.74. The normalized spacial score (nSPS) is 12.8. The molecule has 14 heteroatoms. The molecule has 0 fully saturated rings. The van der Waals surface area contributed by atoms with Gasteiger partial charge in [-0.1, -0.05) is 11.6 Å². The fourth-order valence-electron chi connectivity index (χ4n) is 2.98. The number of hydrogen-bond donors (Lipinski definition) is 0. The first-order chi connectivity index (χ1) is 14.7. The van der Waals surface area contributed by atoms with Gasteiger partial charge in [-0.3, -0.25) is 0 Å². The van der Waals surface area contributed by atoms with E-state index in [9.17, 15) is 35.5 Å². The predicted molar refractivity (Wildman–Crippen MR) is 97.0 cm³/mol. The summed E-state index contributed by atoms with van der Waals surface area (Å²) < 4.78 is 98.8. The van der Waals surface area contributed by atoms with Gasteiger partial charge in [0.15, 0.2) is 0 Å². The van der Waals surface area contributed by atoms with Crippen LogP contribution in [-0.4, -0.2) is 44.8 Å². The number of pyridine rings is 1. The molecule has 0 aliphatic heterocycles. The Morgan fingerprint density at radius 2 is 1.66 bits per heavy atom. The smallest absolute Gasteiger partial charge is 0.437 e. The average molecular weight is 485 g/mol. The van der Waals surface area contributed by atoms with Crippen LogP contribution in [0.5, 0.6) is 0 Å². The number of carbonyl (C=O) groups is 1. The quantitative estimate of drug-likeness (QED) is 0.297. The Morgan fingerprint density at radius 1 is 1.03 bits per heavy atom. The molecule has 0 spiro atoms. The minimum absolute atomic E-state index is 0.0712. The number of ether oxygens (including phenoxy) is 1. The van der Waals surface area contributed by atoms with Gasteiger partial charge < -0.3 is 9.30 Å². The molecule has 172 valence electrons. The van der Waals surface area contributed by atoms with Gasteiger partial charge in [0.2, 0.25) is 0 Å². The van der Waals surface area contributed by atoms with Crippen LogP contribution in [0.2, 0.25) is 5.15 Å². The van der Waals surface area contributed by atoms with Gasteiger partial charge in [0.25, 0.3) is 0 Å². The monoisotopic (exact) mass is 484 g/mol. The second kappa shape index (κ2) is 7.80.